The Balaban J connectivity index is 1.57. The highest BCUT2D eigenvalue weighted by molar-refractivity contribution is 6.32. The Labute approximate surface area is 206 Å². The number of hydrogen-bond acceptors (Lipinski definition) is 5. The zero-order valence-electron chi connectivity index (χ0n) is 21.9. The van der Waals surface area contributed by atoms with Crippen molar-refractivity contribution in [2.75, 3.05) is 18.4 Å². The average Bonchev–Trinajstić information content (AvgIpc) is 3.27. The van der Waals surface area contributed by atoms with Crippen LogP contribution >= 0.6 is 11.6 Å². The maximum absolute atomic E-state index is 13.0. The number of nitrogens with zero attached hydrogens (tertiary/aromatic N) is 4. The van der Waals surface area contributed by atoms with Crippen molar-refractivity contribution in [2.45, 2.75) is 45.6 Å². The fraction of sp³-hybridized carbons (Fsp3) is 0.417. The first-order valence-corrected chi connectivity index (χ1v) is 11.3. The van der Waals surface area contributed by atoms with Crippen molar-refractivity contribution in [1.82, 2.24) is 30.0 Å². The van der Waals surface area contributed by atoms with Crippen LogP contribution in [0.4, 0.5) is 5.82 Å². The van der Waals surface area contributed by atoms with E-state index in [9.17, 15) is 9.59 Å². The molecule has 1 aliphatic heterocycles. The number of imidazole rings is 1. The summed E-state index contributed by atoms with van der Waals surface area (Å²) in [6.07, 6.45) is 1.24. The van der Waals surface area contributed by atoms with Gasteiger partial charge in [0.1, 0.15) is 11.5 Å². The highest BCUT2D eigenvalue weighted by atomic mass is 35.5. The lowest BCUT2D eigenvalue weighted by Gasteiger charge is -2.38. The Kier molecular flexibility index (Phi) is 5.49. The maximum atomic E-state index is 13.0. The number of aromatic amines is 1. The van der Waals surface area contributed by atoms with Gasteiger partial charge in [-0.25, -0.2) is 4.98 Å². The van der Waals surface area contributed by atoms with Crippen LogP contribution in [-0.4, -0.2) is 55.6 Å². The molecule has 3 heterocycles. The van der Waals surface area contributed by atoms with E-state index in [-0.39, 0.29) is 34.8 Å². The number of aromatic nitrogens is 4. The van der Waals surface area contributed by atoms with Crippen LogP contribution in [0.15, 0.2) is 24.8 Å². The van der Waals surface area contributed by atoms with Gasteiger partial charge in [-0.15, -0.1) is 0 Å². The summed E-state index contributed by atoms with van der Waals surface area (Å²) in [5.41, 5.74) is 2.01. The van der Waals surface area contributed by atoms with Gasteiger partial charge in [-0.2, -0.15) is 5.10 Å². The largest absolute Gasteiger partial charge is 0.361 e. The summed E-state index contributed by atoms with van der Waals surface area (Å²) in [7, 11) is 1.60. The van der Waals surface area contributed by atoms with Crippen molar-refractivity contribution in [3.63, 3.8) is 0 Å². The number of nitrogens with one attached hydrogen (secondary N) is 3. The van der Waals surface area contributed by atoms with Crippen LogP contribution in [0.25, 0.3) is 10.9 Å². The van der Waals surface area contributed by atoms with Crippen LogP contribution in [0.1, 0.15) is 51.1 Å². The van der Waals surface area contributed by atoms with E-state index in [1.807, 2.05) is 26.8 Å². The molecular weight excluding hydrogens is 454 g/mol. The lowest BCUT2D eigenvalue weighted by molar-refractivity contribution is -0.130. The number of anilines is 1. The highest BCUT2D eigenvalue weighted by Crippen LogP contribution is 2.34. The zero-order valence-corrected chi connectivity index (χ0v) is 20.7. The lowest BCUT2D eigenvalue weighted by Crippen LogP contribution is -2.60. The van der Waals surface area contributed by atoms with Gasteiger partial charge in [-0.3, -0.25) is 14.7 Å². The summed E-state index contributed by atoms with van der Waals surface area (Å²) in [5, 5.41) is 14.2. The highest BCUT2D eigenvalue weighted by Gasteiger charge is 2.32. The molecule has 1 aromatic carbocycles. The number of amides is 2. The number of hydrogen-bond donors (Lipinski definition) is 3. The zero-order chi connectivity index (χ0) is 26.6. The van der Waals surface area contributed by atoms with Gasteiger partial charge < -0.3 is 20.1 Å². The van der Waals surface area contributed by atoms with E-state index in [0.29, 0.717) is 40.5 Å². The predicted octanol–water partition coefficient (Wildman–Crippen LogP) is 3.29. The van der Waals surface area contributed by atoms with E-state index in [0.717, 1.165) is 5.56 Å². The number of H-pyrrole nitrogens is 1. The standard InChI is InChI=1S/C24H30ClN7O2/c1-7-20(33)32-11-14(12-32)28-23(34)21-13(2)27-19(31(21)6)10-26-22-15-8-16(24(3,4)5)17(25)9-18(15)29-30-22/h7-9,14H,1,10-12H2,2-6H3,(H,28,34)(H2,26,29,30)/i10D2. The Bertz CT molecular complexity index is 1370. The van der Waals surface area contributed by atoms with Crippen LogP contribution in [0.5, 0.6) is 0 Å². The van der Waals surface area contributed by atoms with Gasteiger partial charge in [-0.05, 0) is 36.1 Å². The third-order valence-electron chi connectivity index (χ3n) is 5.94. The average molecular weight is 486 g/mol. The molecule has 0 bridgehead atoms. The van der Waals surface area contributed by atoms with Gasteiger partial charge in [-0.1, -0.05) is 39.0 Å². The van der Waals surface area contributed by atoms with Crippen LogP contribution in [0.3, 0.4) is 0 Å². The molecule has 34 heavy (non-hydrogen) atoms. The molecule has 0 aliphatic carbocycles. The van der Waals surface area contributed by atoms with Crippen molar-refractivity contribution < 1.29 is 12.3 Å². The first-order valence-electron chi connectivity index (χ1n) is 11.9. The van der Waals surface area contributed by atoms with Gasteiger partial charge in [0.05, 0.1) is 26.5 Å². The van der Waals surface area contributed by atoms with E-state index in [1.54, 1.807) is 24.9 Å². The van der Waals surface area contributed by atoms with Crippen molar-refractivity contribution in [3.05, 3.63) is 52.6 Å². The maximum Gasteiger partial charge on any atom is 0.270 e. The van der Waals surface area contributed by atoms with E-state index in [4.69, 9.17) is 14.3 Å². The third kappa shape index (κ3) is 4.40. The minimum Gasteiger partial charge on any atom is -0.361 e. The smallest absolute Gasteiger partial charge is 0.270 e. The lowest BCUT2D eigenvalue weighted by atomic mass is 9.86. The van der Waals surface area contributed by atoms with Gasteiger partial charge in [0.15, 0.2) is 5.82 Å². The predicted molar refractivity (Wildman–Crippen MR) is 133 cm³/mol. The second-order valence-electron chi connectivity index (χ2n) is 9.50. The molecular formula is C24H30ClN7O2. The topological polar surface area (TPSA) is 108 Å². The summed E-state index contributed by atoms with van der Waals surface area (Å²) in [6.45, 7) is 9.92. The van der Waals surface area contributed by atoms with Crippen molar-refractivity contribution >= 4 is 40.1 Å². The number of carbonyl (C=O) groups is 2. The molecule has 0 saturated carbocycles. The molecule has 10 heteroatoms. The number of carbonyl (C=O) groups excluding carboxylic acids is 2. The second kappa shape index (κ2) is 8.79. The normalized spacial score (nSPS) is 15.5. The molecule has 1 saturated heterocycles. The molecule has 2 amide bonds. The molecule has 1 aliphatic rings. The molecule has 1 fully saturated rings. The summed E-state index contributed by atoms with van der Waals surface area (Å²) in [5.74, 6) is -0.217. The number of aryl methyl sites for hydroxylation is 1. The Morgan fingerprint density at radius 1 is 1.38 bits per heavy atom. The Morgan fingerprint density at radius 2 is 2.09 bits per heavy atom. The number of fused-ring (bicyclic) bond motifs is 1. The number of likely N-dealkylation sites (tertiary alicyclic amines) is 1. The molecule has 0 unspecified atom stereocenters. The van der Waals surface area contributed by atoms with Crippen LogP contribution in [0, 0.1) is 6.92 Å². The van der Waals surface area contributed by atoms with E-state index < -0.39 is 6.50 Å². The van der Waals surface area contributed by atoms with Crippen molar-refractivity contribution in [3.8, 4) is 0 Å². The van der Waals surface area contributed by atoms with Gasteiger partial charge in [0.2, 0.25) is 5.91 Å². The van der Waals surface area contributed by atoms with E-state index in [2.05, 4.69) is 32.4 Å². The monoisotopic (exact) mass is 485 g/mol. The van der Waals surface area contributed by atoms with Crippen molar-refractivity contribution in [1.29, 1.82) is 0 Å². The number of rotatable bonds is 6. The van der Waals surface area contributed by atoms with Gasteiger partial charge in [0.25, 0.3) is 5.91 Å². The summed E-state index contributed by atoms with van der Waals surface area (Å²) >= 11 is 6.46. The number of halogens is 1. The van der Waals surface area contributed by atoms with E-state index in [1.165, 1.54) is 10.6 Å². The fourth-order valence-electron chi connectivity index (χ4n) is 4.02. The summed E-state index contributed by atoms with van der Waals surface area (Å²) in [4.78, 5) is 30.5. The van der Waals surface area contributed by atoms with Crippen LogP contribution in [0.2, 0.25) is 5.02 Å². The van der Waals surface area contributed by atoms with Gasteiger partial charge >= 0.3 is 0 Å². The molecule has 180 valence electrons. The minimum atomic E-state index is -2.15. The molecule has 4 rings (SSSR count). The molecule has 0 spiro atoms. The van der Waals surface area contributed by atoms with Gasteiger partial charge in [0, 0.05) is 30.5 Å². The van der Waals surface area contributed by atoms with Crippen molar-refractivity contribution in [2.24, 2.45) is 7.05 Å². The Hall–Kier alpha value is -3.33. The SMILES string of the molecule is [2H]C([2H])(Nc1n[nH]c2cc(Cl)c(C(C)(C)C)cc12)c1nc(C)c(C(=O)NC2CN(C(=O)C=C)C2)n1C. The minimum absolute atomic E-state index is 0.0309. The quantitative estimate of drug-likeness (QED) is 0.464. The first kappa shape index (κ1) is 21.2. The second-order valence-corrected chi connectivity index (χ2v) is 9.90. The molecule has 2 aromatic heterocycles. The van der Waals surface area contributed by atoms with Crippen LogP contribution in [-0.2, 0) is 23.8 Å². The Morgan fingerprint density at radius 3 is 2.74 bits per heavy atom. The van der Waals surface area contributed by atoms with Crippen LogP contribution < -0.4 is 10.6 Å². The fourth-order valence-corrected chi connectivity index (χ4v) is 4.47. The molecule has 3 aromatic rings. The molecule has 0 atom stereocenters. The first-order chi connectivity index (χ1) is 16.7. The third-order valence-corrected chi connectivity index (χ3v) is 6.25. The summed E-state index contributed by atoms with van der Waals surface area (Å²) < 4.78 is 18.9. The molecule has 3 N–H and O–H groups in total. The van der Waals surface area contributed by atoms with E-state index >= 15 is 0 Å². The molecule has 9 nitrogen and oxygen atoms in total. The molecule has 0 radical (unpaired) electrons. The summed E-state index contributed by atoms with van der Waals surface area (Å²) in [6, 6.07) is 3.50. The number of benzene rings is 1.